The van der Waals surface area contributed by atoms with E-state index >= 15 is 0 Å². The lowest BCUT2D eigenvalue weighted by molar-refractivity contribution is -0.141. The highest BCUT2D eigenvalue weighted by Crippen LogP contribution is 2.40. The van der Waals surface area contributed by atoms with Crippen LogP contribution < -0.4 is 57.7 Å². The second kappa shape index (κ2) is 24.2. The number of hydrogen-bond donors (Lipinski definition) is 7. The molecule has 1 aromatic heterocycles. The average molecular weight is 988 g/mol. The van der Waals surface area contributed by atoms with Crippen LogP contribution in [0.25, 0.3) is 11.1 Å². The highest BCUT2D eigenvalue weighted by atomic mass is 16.5. The molecule has 20 heteroatoms. The number of likely N-dealkylation sites (N-methyl/N-ethyl adjacent to an activating group) is 1. The zero-order valence-electron chi connectivity index (χ0n) is 42.3. The molecule has 4 atom stereocenters. The minimum absolute atomic E-state index is 0.00106. The van der Waals surface area contributed by atoms with Crippen molar-refractivity contribution in [3.63, 3.8) is 0 Å². The number of amides is 5. The molecular weight excluding hydrogens is 919 g/mol. The standard InChI is InChI=1S/C52H69N13O7/c1-31-44(32(2)60-51(59-31)65-24-22-64(23-25-65)37-12-10-36(11-13-37)52(4,5)6)48(68)61-40(16-17-53)50(70)63(7)45-35-9-15-43(72-27-20-56)39(30-35)38-28-34(8-14-42(38)71-26-19-55)29-41(47(67)57-21-18-54)62-46(66)33(3)58-49(45)69/h8-15,28,30,33,40-41,45H,16-17,19-27,29,53,55-56H2,1-7H3,(H,57,67)(H,58,69)(H,61,68)(H,62,66). The van der Waals surface area contributed by atoms with E-state index in [2.05, 4.69) is 76.1 Å². The Kier molecular flexibility index (Phi) is 18.1. The van der Waals surface area contributed by atoms with E-state index in [-0.39, 0.29) is 63.2 Å². The van der Waals surface area contributed by atoms with Crippen LogP contribution in [0.3, 0.4) is 0 Å². The van der Waals surface area contributed by atoms with Gasteiger partial charge >= 0.3 is 0 Å². The van der Waals surface area contributed by atoms with Crippen LogP contribution in [0, 0.1) is 25.2 Å². The van der Waals surface area contributed by atoms with Crippen LogP contribution in [0.5, 0.6) is 11.5 Å². The molecule has 10 N–H and O–H groups in total. The van der Waals surface area contributed by atoms with Crippen molar-refractivity contribution in [1.29, 1.82) is 5.26 Å². The predicted octanol–water partition coefficient (Wildman–Crippen LogP) is 1.89. The SMILES string of the molecule is Cc1nc(N2CCN(c3ccc(C(C)(C)C)cc3)CC2)nc(C)c1C(=O)NC(CCN)C(=O)N(C)C1C(=O)NC(C)C(=O)NC(C(=O)NCC#N)Cc2ccc(OCCN)c(c2)-c2cc1ccc2OCCN. The van der Waals surface area contributed by atoms with Gasteiger partial charge in [0, 0.05) is 69.6 Å². The minimum Gasteiger partial charge on any atom is -0.492 e. The number of aryl methyl sites for hydroxylation is 2. The Morgan fingerprint density at radius 3 is 2.03 bits per heavy atom. The summed E-state index contributed by atoms with van der Waals surface area (Å²) in [4.78, 5) is 86.1. The van der Waals surface area contributed by atoms with Crippen molar-refractivity contribution in [2.45, 2.75) is 84.0 Å². The van der Waals surface area contributed by atoms with Gasteiger partial charge in [-0.3, -0.25) is 24.0 Å². The molecule has 384 valence electrons. The minimum atomic E-state index is -1.41. The van der Waals surface area contributed by atoms with E-state index in [4.69, 9.17) is 36.6 Å². The molecule has 2 aliphatic rings. The summed E-state index contributed by atoms with van der Waals surface area (Å²) in [5.41, 5.74) is 23.2. The summed E-state index contributed by atoms with van der Waals surface area (Å²) in [7, 11) is 1.43. The van der Waals surface area contributed by atoms with Gasteiger partial charge in [-0.05, 0) is 92.2 Å². The van der Waals surface area contributed by atoms with Gasteiger partial charge in [-0.1, -0.05) is 45.0 Å². The number of anilines is 2. The third-order valence-corrected chi connectivity index (χ3v) is 12.8. The maximum absolute atomic E-state index is 14.8. The van der Waals surface area contributed by atoms with Crippen LogP contribution in [0.15, 0.2) is 60.7 Å². The number of carbonyl (C=O) groups is 5. The molecule has 1 fully saturated rings. The van der Waals surface area contributed by atoms with Crippen LogP contribution in [0.1, 0.15) is 78.6 Å². The molecule has 1 saturated heterocycles. The number of nitrogens with one attached hydrogen (secondary N) is 4. The summed E-state index contributed by atoms with van der Waals surface area (Å²) in [5, 5.41) is 20.0. The lowest BCUT2D eigenvalue weighted by Gasteiger charge is -2.36. The summed E-state index contributed by atoms with van der Waals surface area (Å²) in [5.74, 6) is -2.04. The Balaban J connectivity index is 1.30. The van der Waals surface area contributed by atoms with Gasteiger partial charge in [0.2, 0.25) is 29.6 Å². The van der Waals surface area contributed by atoms with Crippen LogP contribution in [0.2, 0.25) is 0 Å². The molecule has 4 unspecified atom stereocenters. The summed E-state index contributed by atoms with van der Waals surface area (Å²) in [6.07, 6.45) is 0.00456. The van der Waals surface area contributed by atoms with Crippen molar-refractivity contribution < 1.29 is 33.4 Å². The van der Waals surface area contributed by atoms with Crippen LogP contribution in [-0.4, -0.2) is 135 Å². The van der Waals surface area contributed by atoms with Gasteiger partial charge in [-0.25, -0.2) is 9.97 Å². The van der Waals surface area contributed by atoms with E-state index in [0.717, 1.165) is 18.8 Å². The molecule has 72 heavy (non-hydrogen) atoms. The van der Waals surface area contributed by atoms with Gasteiger partial charge < -0.3 is 62.6 Å². The molecule has 0 aliphatic carbocycles. The number of ether oxygens (including phenoxy) is 2. The topological polar surface area (TPSA) is 289 Å². The van der Waals surface area contributed by atoms with Crippen LogP contribution in [0.4, 0.5) is 11.6 Å². The van der Waals surface area contributed by atoms with E-state index in [1.54, 1.807) is 50.2 Å². The Hall–Kier alpha value is -7.34. The fraction of sp³-hybridized carbons (Fsp3) is 0.462. The van der Waals surface area contributed by atoms with Crippen molar-refractivity contribution in [1.82, 2.24) is 36.1 Å². The van der Waals surface area contributed by atoms with Gasteiger partial charge in [0.25, 0.3) is 5.91 Å². The maximum atomic E-state index is 14.8. The van der Waals surface area contributed by atoms with Crippen molar-refractivity contribution in [3.05, 3.63) is 94.3 Å². The van der Waals surface area contributed by atoms with Crippen LogP contribution >= 0.6 is 0 Å². The number of carbonyl (C=O) groups excluding carboxylic acids is 5. The average Bonchev–Trinajstić information content (AvgIpc) is 3.35. The summed E-state index contributed by atoms with van der Waals surface area (Å²) in [6, 6.07) is 15.7. The molecule has 0 radical (unpaired) electrons. The van der Waals surface area contributed by atoms with E-state index in [1.807, 2.05) is 6.07 Å². The molecule has 3 aromatic carbocycles. The number of nitriles is 1. The molecule has 3 heterocycles. The van der Waals surface area contributed by atoms with Gasteiger partial charge in [0.05, 0.1) is 23.0 Å². The van der Waals surface area contributed by atoms with Crippen molar-refractivity contribution in [2.24, 2.45) is 17.2 Å². The number of nitrogens with two attached hydrogens (primary N) is 3. The predicted molar refractivity (Wildman–Crippen MR) is 274 cm³/mol. The summed E-state index contributed by atoms with van der Waals surface area (Å²) in [6.45, 7) is 14.7. The molecule has 5 amide bonds. The lowest BCUT2D eigenvalue weighted by atomic mass is 9.87. The monoisotopic (exact) mass is 988 g/mol. The molecule has 2 aliphatic heterocycles. The van der Waals surface area contributed by atoms with E-state index in [0.29, 0.717) is 64.2 Å². The number of piperazine rings is 1. The number of rotatable bonds is 16. The summed E-state index contributed by atoms with van der Waals surface area (Å²) < 4.78 is 12.2. The molecular formula is C52H69N13O7. The van der Waals surface area contributed by atoms with Gasteiger partial charge in [-0.2, -0.15) is 5.26 Å². The normalized spacial score (nSPS) is 17.6. The smallest absolute Gasteiger partial charge is 0.255 e. The Morgan fingerprint density at radius 2 is 1.44 bits per heavy atom. The second-order valence-corrected chi connectivity index (χ2v) is 19.0. The highest BCUT2D eigenvalue weighted by Gasteiger charge is 2.37. The van der Waals surface area contributed by atoms with Gasteiger partial charge in [0.15, 0.2) is 0 Å². The van der Waals surface area contributed by atoms with E-state index in [1.165, 1.54) is 24.4 Å². The Bertz CT molecular complexity index is 2620. The van der Waals surface area contributed by atoms with Gasteiger partial charge in [-0.15, -0.1) is 0 Å². The molecule has 0 spiro atoms. The first kappa shape index (κ1) is 54.0. The number of fused-ring (bicyclic) bond motifs is 5. The Labute approximate surface area is 421 Å². The first-order valence-electron chi connectivity index (χ1n) is 24.3. The lowest BCUT2D eigenvalue weighted by Crippen LogP contribution is -2.56. The van der Waals surface area contributed by atoms with Gasteiger partial charge in [0.1, 0.15) is 55.4 Å². The number of nitrogens with zero attached hydrogens (tertiary/aromatic N) is 6. The van der Waals surface area contributed by atoms with Crippen LogP contribution in [-0.2, 0) is 31.0 Å². The van der Waals surface area contributed by atoms with Crippen molar-refractivity contribution in [2.75, 3.05) is 82.4 Å². The maximum Gasteiger partial charge on any atom is 0.255 e. The molecule has 6 rings (SSSR count). The fourth-order valence-electron chi connectivity index (χ4n) is 8.87. The number of benzene rings is 3. The van der Waals surface area contributed by atoms with Crippen molar-refractivity contribution in [3.8, 4) is 28.7 Å². The molecule has 4 aromatic rings. The van der Waals surface area contributed by atoms with Crippen molar-refractivity contribution >= 4 is 41.2 Å². The fourth-order valence-corrected chi connectivity index (χ4v) is 8.87. The number of aromatic nitrogens is 2. The molecule has 4 bridgehead atoms. The second-order valence-electron chi connectivity index (χ2n) is 19.0. The first-order chi connectivity index (χ1) is 34.4. The molecule has 20 nitrogen and oxygen atoms in total. The third-order valence-electron chi connectivity index (χ3n) is 12.8. The van der Waals surface area contributed by atoms with E-state index < -0.39 is 53.7 Å². The zero-order valence-corrected chi connectivity index (χ0v) is 42.3. The molecule has 0 saturated carbocycles. The number of hydrogen-bond acceptors (Lipinski definition) is 15. The highest BCUT2D eigenvalue weighted by molar-refractivity contribution is 6.00. The first-order valence-corrected chi connectivity index (χ1v) is 24.3. The zero-order chi connectivity index (χ0) is 52.3. The largest absolute Gasteiger partial charge is 0.492 e. The third kappa shape index (κ3) is 12.9. The van der Waals surface area contributed by atoms with E-state index in [9.17, 15) is 29.2 Å². The summed E-state index contributed by atoms with van der Waals surface area (Å²) >= 11 is 0. The Morgan fingerprint density at radius 1 is 0.847 bits per heavy atom. The quantitative estimate of drug-likeness (QED) is 0.0790.